The van der Waals surface area contributed by atoms with Crippen molar-refractivity contribution in [2.75, 3.05) is 29.4 Å². The number of anilines is 2. The number of benzene rings is 2. The number of rotatable bonds is 5. The lowest BCUT2D eigenvalue weighted by atomic mass is 9.88. The third-order valence-corrected chi connectivity index (χ3v) is 7.39. The third kappa shape index (κ3) is 5.25. The zero-order chi connectivity index (χ0) is 25.3. The highest BCUT2D eigenvalue weighted by molar-refractivity contribution is 5.98. The number of amides is 3. The zero-order valence-electron chi connectivity index (χ0n) is 21.2. The molecule has 7 heteroatoms. The minimum absolute atomic E-state index is 0.00610. The second-order valence-electron chi connectivity index (χ2n) is 10.1. The van der Waals surface area contributed by atoms with Crippen LogP contribution in [-0.4, -0.2) is 48.3 Å². The van der Waals surface area contributed by atoms with E-state index in [0.717, 1.165) is 28.1 Å². The lowest BCUT2D eigenvalue weighted by Gasteiger charge is -2.44. The fourth-order valence-corrected chi connectivity index (χ4v) is 5.52. The Kier molecular flexibility index (Phi) is 7.26. The first-order valence-corrected chi connectivity index (χ1v) is 12.5. The van der Waals surface area contributed by atoms with Crippen molar-refractivity contribution in [2.24, 2.45) is 11.7 Å². The first-order chi connectivity index (χ1) is 16.7. The predicted octanol–water partition coefficient (Wildman–Crippen LogP) is 3.72. The van der Waals surface area contributed by atoms with Gasteiger partial charge < -0.3 is 15.5 Å². The molecule has 2 aromatic carbocycles. The van der Waals surface area contributed by atoms with Crippen molar-refractivity contribution in [3.05, 3.63) is 59.2 Å². The average Bonchev–Trinajstić information content (AvgIpc) is 2.81. The van der Waals surface area contributed by atoms with Crippen LogP contribution in [0.4, 0.5) is 11.4 Å². The summed E-state index contributed by atoms with van der Waals surface area (Å²) in [5.41, 5.74) is 10.4. The second-order valence-corrected chi connectivity index (χ2v) is 10.1. The first kappa shape index (κ1) is 24.9. The molecule has 0 aliphatic carbocycles. The van der Waals surface area contributed by atoms with Crippen LogP contribution in [0.1, 0.15) is 55.8 Å². The molecule has 2 aliphatic heterocycles. The number of primary amides is 1. The van der Waals surface area contributed by atoms with Crippen molar-refractivity contribution in [3.63, 3.8) is 0 Å². The summed E-state index contributed by atoms with van der Waals surface area (Å²) >= 11 is 0. The van der Waals surface area contributed by atoms with Gasteiger partial charge in [0.05, 0.1) is 12.6 Å². The summed E-state index contributed by atoms with van der Waals surface area (Å²) in [6, 6.07) is 14.0. The van der Waals surface area contributed by atoms with E-state index in [9.17, 15) is 14.4 Å². The lowest BCUT2D eigenvalue weighted by molar-refractivity contribution is -0.123. The summed E-state index contributed by atoms with van der Waals surface area (Å²) in [5, 5.41) is 0. The second kappa shape index (κ2) is 10.2. The maximum atomic E-state index is 13.9. The summed E-state index contributed by atoms with van der Waals surface area (Å²) < 4.78 is 0. The maximum Gasteiger partial charge on any atom is 0.241 e. The minimum Gasteiger partial charge on any atom is -0.369 e. The van der Waals surface area contributed by atoms with Crippen LogP contribution < -0.4 is 15.5 Å². The van der Waals surface area contributed by atoms with Gasteiger partial charge in [-0.3, -0.25) is 19.3 Å². The van der Waals surface area contributed by atoms with Gasteiger partial charge in [-0.25, -0.2) is 0 Å². The van der Waals surface area contributed by atoms with E-state index in [1.54, 1.807) is 6.92 Å². The summed E-state index contributed by atoms with van der Waals surface area (Å²) in [7, 11) is 0. The SMILES string of the molecule is CC(=O)N1c2ccc(C)cc2C(N(C(=O)CN2CCC(C(N)=O)CC2)c2ccc(C)cc2)CC1C. The fraction of sp³-hybridized carbons (Fsp3) is 0.464. The van der Waals surface area contributed by atoms with Gasteiger partial charge in [0.15, 0.2) is 0 Å². The molecule has 2 aliphatic rings. The Balaban J connectivity index is 1.69. The van der Waals surface area contributed by atoms with E-state index >= 15 is 0 Å². The quantitative estimate of drug-likeness (QED) is 0.713. The van der Waals surface area contributed by atoms with Crippen LogP contribution in [0, 0.1) is 19.8 Å². The number of likely N-dealkylation sites (tertiary alicyclic amines) is 1. The number of carbonyl (C=O) groups is 3. The number of piperidine rings is 1. The molecule has 1 fully saturated rings. The van der Waals surface area contributed by atoms with Gasteiger partial charge in [0.1, 0.15) is 0 Å². The van der Waals surface area contributed by atoms with Gasteiger partial charge in [-0.1, -0.05) is 35.4 Å². The van der Waals surface area contributed by atoms with E-state index in [1.165, 1.54) is 0 Å². The van der Waals surface area contributed by atoms with Gasteiger partial charge in [0, 0.05) is 30.3 Å². The Morgan fingerprint density at radius 2 is 1.63 bits per heavy atom. The van der Waals surface area contributed by atoms with Crippen LogP contribution >= 0.6 is 0 Å². The molecule has 3 amide bonds. The molecule has 0 bridgehead atoms. The average molecular weight is 477 g/mol. The molecule has 2 atom stereocenters. The molecule has 2 aromatic rings. The lowest BCUT2D eigenvalue weighted by Crippen LogP contribution is -2.50. The Morgan fingerprint density at radius 3 is 2.23 bits per heavy atom. The van der Waals surface area contributed by atoms with Crippen LogP contribution in [0.5, 0.6) is 0 Å². The Hall–Kier alpha value is -3.19. The van der Waals surface area contributed by atoms with Gasteiger partial charge in [-0.2, -0.15) is 0 Å². The van der Waals surface area contributed by atoms with Crippen molar-refractivity contribution in [1.29, 1.82) is 0 Å². The van der Waals surface area contributed by atoms with Crippen molar-refractivity contribution < 1.29 is 14.4 Å². The highest BCUT2D eigenvalue weighted by Gasteiger charge is 2.38. The molecule has 0 aromatic heterocycles. The minimum atomic E-state index is -0.254. The van der Waals surface area contributed by atoms with Gasteiger partial charge >= 0.3 is 0 Å². The number of fused-ring (bicyclic) bond motifs is 1. The summed E-state index contributed by atoms with van der Waals surface area (Å²) in [5.74, 6) is -0.337. The highest BCUT2D eigenvalue weighted by atomic mass is 16.2. The number of nitrogens with zero attached hydrogens (tertiary/aromatic N) is 3. The number of nitrogens with two attached hydrogens (primary N) is 1. The molecule has 2 unspecified atom stereocenters. The van der Waals surface area contributed by atoms with E-state index in [4.69, 9.17) is 5.73 Å². The normalized spacial score (nSPS) is 20.9. The summed E-state index contributed by atoms with van der Waals surface area (Å²) in [6.45, 7) is 9.34. The number of aryl methyl sites for hydroxylation is 2. The predicted molar refractivity (Wildman–Crippen MR) is 138 cm³/mol. The Labute approximate surface area is 207 Å². The summed E-state index contributed by atoms with van der Waals surface area (Å²) in [6.07, 6.45) is 2.02. The smallest absolute Gasteiger partial charge is 0.241 e. The van der Waals surface area contributed by atoms with Crippen molar-refractivity contribution >= 4 is 29.1 Å². The van der Waals surface area contributed by atoms with Crippen LogP contribution in [0.2, 0.25) is 0 Å². The molecule has 35 heavy (non-hydrogen) atoms. The summed E-state index contributed by atoms with van der Waals surface area (Å²) in [4.78, 5) is 43.9. The van der Waals surface area contributed by atoms with Gasteiger partial charge in [0.2, 0.25) is 17.7 Å². The zero-order valence-corrected chi connectivity index (χ0v) is 21.2. The largest absolute Gasteiger partial charge is 0.369 e. The number of carbonyl (C=O) groups excluding carboxylic acids is 3. The molecular weight excluding hydrogens is 440 g/mol. The fourth-order valence-electron chi connectivity index (χ4n) is 5.52. The number of hydrogen-bond acceptors (Lipinski definition) is 4. The Bertz CT molecular complexity index is 1110. The molecule has 0 spiro atoms. The first-order valence-electron chi connectivity index (χ1n) is 12.5. The van der Waals surface area contributed by atoms with Crippen LogP contribution in [-0.2, 0) is 14.4 Å². The topological polar surface area (TPSA) is 87.0 Å². The van der Waals surface area contributed by atoms with E-state index in [-0.39, 0.29) is 42.3 Å². The highest BCUT2D eigenvalue weighted by Crippen LogP contribution is 2.43. The van der Waals surface area contributed by atoms with E-state index in [2.05, 4.69) is 11.0 Å². The van der Waals surface area contributed by atoms with Crippen LogP contribution in [0.3, 0.4) is 0 Å². The van der Waals surface area contributed by atoms with Gasteiger partial charge in [-0.15, -0.1) is 0 Å². The number of hydrogen-bond donors (Lipinski definition) is 1. The monoisotopic (exact) mass is 476 g/mol. The molecular formula is C28H36N4O3. The van der Waals surface area contributed by atoms with E-state index in [0.29, 0.717) is 32.4 Å². The maximum absolute atomic E-state index is 13.9. The van der Waals surface area contributed by atoms with Gasteiger partial charge in [-0.05, 0) is 76.9 Å². The van der Waals surface area contributed by atoms with E-state index in [1.807, 2.05) is 67.0 Å². The van der Waals surface area contributed by atoms with Crippen molar-refractivity contribution in [1.82, 2.24) is 4.90 Å². The van der Waals surface area contributed by atoms with Crippen molar-refractivity contribution in [2.45, 2.75) is 59.0 Å². The molecule has 7 nitrogen and oxygen atoms in total. The molecule has 4 rings (SSSR count). The Morgan fingerprint density at radius 1 is 1.00 bits per heavy atom. The molecule has 2 N–H and O–H groups in total. The molecule has 186 valence electrons. The van der Waals surface area contributed by atoms with Crippen molar-refractivity contribution in [3.8, 4) is 0 Å². The molecule has 0 radical (unpaired) electrons. The van der Waals surface area contributed by atoms with Crippen LogP contribution in [0.25, 0.3) is 0 Å². The molecule has 2 heterocycles. The van der Waals surface area contributed by atoms with E-state index < -0.39 is 0 Å². The molecule has 1 saturated heterocycles. The third-order valence-electron chi connectivity index (χ3n) is 7.39. The van der Waals surface area contributed by atoms with Gasteiger partial charge in [0.25, 0.3) is 0 Å². The van der Waals surface area contributed by atoms with Crippen LogP contribution in [0.15, 0.2) is 42.5 Å². The standard InChI is InChI=1S/C28H36N4O3/c1-18-5-8-23(9-6-18)32(27(34)17-30-13-11-22(12-14-30)28(29)35)26-16-20(3)31(21(4)33)25-10-7-19(2)15-24(25)26/h5-10,15,20,22,26H,11-14,16-17H2,1-4H3,(H2,29,35). The molecule has 0 saturated carbocycles.